The van der Waals surface area contributed by atoms with Crippen LogP contribution in [0.1, 0.15) is 17.5 Å². The average molecular weight is 461 g/mol. The van der Waals surface area contributed by atoms with Crippen molar-refractivity contribution in [3.8, 4) is 5.75 Å². The van der Waals surface area contributed by atoms with Crippen LogP contribution in [0.3, 0.4) is 0 Å². The third-order valence-electron chi connectivity index (χ3n) is 5.42. The lowest BCUT2D eigenvalue weighted by Crippen LogP contribution is -2.37. The Kier molecular flexibility index (Phi) is 6.95. The molecule has 1 N–H and O–H groups in total. The average Bonchev–Trinajstić information content (AvgIpc) is 3.05. The number of rotatable bonds is 8. The highest BCUT2D eigenvalue weighted by molar-refractivity contribution is 7.80. The largest absolute Gasteiger partial charge is 0.497 e. The number of methoxy groups -OCH3 is 1. The Morgan fingerprint density at radius 1 is 1.03 bits per heavy atom. The molecule has 1 aliphatic rings. The molecule has 3 aromatic rings. The fraction of sp³-hybridized carbons (Fsp3) is 0.200. The lowest BCUT2D eigenvalue weighted by Gasteiger charge is -2.24. The molecule has 1 atom stereocenters. The van der Waals surface area contributed by atoms with Gasteiger partial charge in [0.2, 0.25) is 5.91 Å². The second kappa shape index (κ2) is 10.2. The van der Waals surface area contributed by atoms with E-state index in [4.69, 9.17) is 17.0 Å². The van der Waals surface area contributed by atoms with Crippen LogP contribution in [0.5, 0.6) is 5.75 Å². The van der Waals surface area contributed by atoms with E-state index in [2.05, 4.69) is 10.3 Å². The summed E-state index contributed by atoms with van der Waals surface area (Å²) in [5, 5.41) is 3.27. The molecule has 0 saturated carbocycles. The number of carbonyl (C=O) groups is 2. The summed E-state index contributed by atoms with van der Waals surface area (Å²) in [5.74, 6) is 0.250. The summed E-state index contributed by atoms with van der Waals surface area (Å²) < 4.78 is 5.15. The van der Waals surface area contributed by atoms with E-state index >= 15 is 0 Å². The molecule has 1 aliphatic heterocycles. The van der Waals surface area contributed by atoms with E-state index < -0.39 is 6.04 Å². The summed E-state index contributed by atoms with van der Waals surface area (Å²) in [6.07, 6.45) is 3.41. The fourth-order valence-electron chi connectivity index (χ4n) is 3.73. The Morgan fingerprint density at radius 2 is 1.76 bits per heavy atom. The molecule has 0 unspecified atom stereocenters. The lowest BCUT2D eigenvalue weighted by molar-refractivity contribution is -0.131. The van der Waals surface area contributed by atoms with Crippen LogP contribution in [-0.4, -0.2) is 44.9 Å². The van der Waals surface area contributed by atoms with Crippen molar-refractivity contribution in [2.24, 2.45) is 0 Å². The van der Waals surface area contributed by atoms with Crippen molar-refractivity contribution >= 4 is 34.8 Å². The van der Waals surface area contributed by atoms with E-state index in [1.54, 1.807) is 48.7 Å². The van der Waals surface area contributed by atoms with Gasteiger partial charge in [-0.1, -0.05) is 36.4 Å². The number of nitrogens with zero attached hydrogens (tertiary/aromatic N) is 3. The molecule has 0 aliphatic carbocycles. The molecule has 7 nitrogen and oxygen atoms in total. The Morgan fingerprint density at radius 3 is 2.42 bits per heavy atom. The van der Waals surface area contributed by atoms with Gasteiger partial charge < -0.3 is 15.0 Å². The van der Waals surface area contributed by atoms with Crippen LogP contribution in [0, 0.1) is 0 Å². The number of benzene rings is 2. The molecule has 1 fully saturated rings. The van der Waals surface area contributed by atoms with Crippen LogP contribution in [0.15, 0.2) is 79.1 Å². The summed E-state index contributed by atoms with van der Waals surface area (Å²) in [7, 11) is 1.58. The molecule has 33 heavy (non-hydrogen) atoms. The molecule has 8 heteroatoms. The summed E-state index contributed by atoms with van der Waals surface area (Å²) in [5.41, 5.74) is 2.52. The highest BCUT2D eigenvalue weighted by atomic mass is 32.1. The fourth-order valence-corrected chi connectivity index (χ4v) is 4.08. The van der Waals surface area contributed by atoms with Crippen molar-refractivity contribution < 1.29 is 14.3 Å². The van der Waals surface area contributed by atoms with Gasteiger partial charge >= 0.3 is 0 Å². The Hall–Kier alpha value is -3.78. The van der Waals surface area contributed by atoms with Crippen LogP contribution in [0.4, 0.5) is 5.69 Å². The molecule has 0 radical (unpaired) electrons. The summed E-state index contributed by atoms with van der Waals surface area (Å²) >= 11 is 5.69. The molecular formula is C25H24N4O3S. The zero-order valence-corrected chi connectivity index (χ0v) is 19.0. The summed E-state index contributed by atoms with van der Waals surface area (Å²) in [6.45, 7) is 0.753. The highest BCUT2D eigenvalue weighted by Crippen LogP contribution is 2.26. The number of anilines is 1. The SMILES string of the molecule is COc1ccc(NC(=O)C[C@H]2C(=O)N(Cc3ccccc3)C(=S)N2Cc2cccnc2)cc1. The number of ether oxygens (including phenoxy) is 1. The van der Waals surface area contributed by atoms with Crippen molar-refractivity contribution in [2.45, 2.75) is 25.6 Å². The quantitative estimate of drug-likeness (QED) is 0.518. The van der Waals surface area contributed by atoms with Crippen LogP contribution < -0.4 is 10.1 Å². The van der Waals surface area contributed by atoms with E-state index in [0.717, 1.165) is 11.1 Å². The molecular weight excluding hydrogens is 436 g/mol. The first-order valence-electron chi connectivity index (χ1n) is 10.5. The number of amides is 2. The van der Waals surface area contributed by atoms with Gasteiger partial charge in [0.05, 0.1) is 20.1 Å². The molecule has 168 valence electrons. The number of hydrogen-bond acceptors (Lipinski definition) is 5. The Balaban J connectivity index is 1.53. The standard InChI is InChI=1S/C25H24N4O3S/c1-32-21-11-9-20(10-12-21)27-23(30)14-22-24(31)29(16-18-6-3-2-4-7-18)25(33)28(22)17-19-8-5-13-26-15-19/h2-13,15,22H,14,16-17H2,1H3,(H,27,30)/t22-/m0/s1. The second-order valence-corrected chi connectivity index (χ2v) is 8.04. The third kappa shape index (κ3) is 5.35. The van der Waals surface area contributed by atoms with E-state index in [1.165, 1.54) is 0 Å². The second-order valence-electron chi connectivity index (χ2n) is 7.68. The Labute approximate surface area is 198 Å². The Bertz CT molecular complexity index is 1120. The van der Waals surface area contributed by atoms with Gasteiger partial charge in [0.15, 0.2) is 5.11 Å². The number of pyridine rings is 1. The minimum atomic E-state index is -0.695. The van der Waals surface area contributed by atoms with Crippen molar-refractivity contribution in [1.82, 2.24) is 14.8 Å². The lowest BCUT2D eigenvalue weighted by atomic mass is 10.1. The normalized spacial score (nSPS) is 15.6. The zero-order valence-electron chi connectivity index (χ0n) is 18.2. The smallest absolute Gasteiger partial charge is 0.252 e. The van der Waals surface area contributed by atoms with Crippen molar-refractivity contribution in [3.63, 3.8) is 0 Å². The minimum absolute atomic E-state index is 0.0173. The van der Waals surface area contributed by atoms with Gasteiger partial charge in [-0.25, -0.2) is 0 Å². The summed E-state index contributed by atoms with van der Waals surface area (Å²) in [4.78, 5) is 33.8. The van der Waals surface area contributed by atoms with Gasteiger partial charge in [-0.05, 0) is 53.7 Å². The molecule has 0 bridgehead atoms. The molecule has 0 spiro atoms. The minimum Gasteiger partial charge on any atom is -0.497 e. The first-order chi connectivity index (χ1) is 16.0. The maximum absolute atomic E-state index is 13.4. The first kappa shape index (κ1) is 22.4. The van der Waals surface area contributed by atoms with Crippen LogP contribution in [0.25, 0.3) is 0 Å². The van der Waals surface area contributed by atoms with Crippen molar-refractivity contribution in [1.29, 1.82) is 0 Å². The van der Waals surface area contributed by atoms with Gasteiger partial charge in [-0.15, -0.1) is 0 Å². The van der Waals surface area contributed by atoms with E-state index in [1.807, 2.05) is 47.4 Å². The number of thiocarbonyl (C=S) groups is 1. The third-order valence-corrected chi connectivity index (χ3v) is 5.87. The predicted octanol–water partition coefficient (Wildman–Crippen LogP) is 3.62. The van der Waals surface area contributed by atoms with Crippen LogP contribution in [0.2, 0.25) is 0 Å². The predicted molar refractivity (Wildman–Crippen MR) is 129 cm³/mol. The van der Waals surface area contributed by atoms with E-state index in [-0.39, 0.29) is 18.2 Å². The van der Waals surface area contributed by atoms with Crippen molar-refractivity contribution in [2.75, 3.05) is 12.4 Å². The molecule has 2 heterocycles. The first-order valence-corrected chi connectivity index (χ1v) is 10.9. The topological polar surface area (TPSA) is 74.8 Å². The molecule has 1 saturated heterocycles. The van der Waals surface area contributed by atoms with Gasteiger partial charge in [0, 0.05) is 24.6 Å². The number of hydrogen-bond donors (Lipinski definition) is 1. The van der Waals surface area contributed by atoms with Gasteiger partial charge in [-0.2, -0.15) is 0 Å². The van der Waals surface area contributed by atoms with Crippen molar-refractivity contribution in [3.05, 3.63) is 90.3 Å². The molecule has 2 aromatic carbocycles. The number of aromatic nitrogens is 1. The van der Waals surface area contributed by atoms with Crippen LogP contribution >= 0.6 is 12.2 Å². The van der Waals surface area contributed by atoms with E-state index in [0.29, 0.717) is 29.6 Å². The molecule has 2 amide bonds. The number of nitrogens with one attached hydrogen (secondary N) is 1. The van der Waals surface area contributed by atoms with Gasteiger partial charge in [0.25, 0.3) is 5.91 Å². The zero-order chi connectivity index (χ0) is 23.2. The van der Waals surface area contributed by atoms with Gasteiger partial charge in [0.1, 0.15) is 11.8 Å². The van der Waals surface area contributed by atoms with Gasteiger partial charge in [-0.3, -0.25) is 19.5 Å². The molecule has 4 rings (SSSR count). The highest BCUT2D eigenvalue weighted by Gasteiger charge is 2.43. The van der Waals surface area contributed by atoms with Crippen LogP contribution in [-0.2, 0) is 22.7 Å². The molecule has 1 aromatic heterocycles. The monoisotopic (exact) mass is 460 g/mol. The van der Waals surface area contributed by atoms with E-state index in [9.17, 15) is 9.59 Å². The maximum atomic E-state index is 13.4. The number of carbonyl (C=O) groups excluding carboxylic acids is 2. The summed E-state index contributed by atoms with van der Waals surface area (Å²) in [6, 6.07) is 19.8. The maximum Gasteiger partial charge on any atom is 0.252 e.